The van der Waals surface area contributed by atoms with E-state index in [1.54, 1.807) is 10.6 Å². The monoisotopic (exact) mass is 247 g/mol. The van der Waals surface area contributed by atoms with Crippen LogP contribution in [0.5, 0.6) is 0 Å². The van der Waals surface area contributed by atoms with Gasteiger partial charge >= 0.3 is 11.4 Å². The zero-order valence-electron chi connectivity index (χ0n) is 10.7. The van der Waals surface area contributed by atoms with E-state index in [0.29, 0.717) is 17.4 Å². The summed E-state index contributed by atoms with van der Waals surface area (Å²) in [6, 6.07) is 5.48. The van der Waals surface area contributed by atoms with Gasteiger partial charge < -0.3 is 4.42 Å². The topological polar surface area (TPSA) is 52.2 Å². The van der Waals surface area contributed by atoms with E-state index < -0.39 is 11.4 Å². The minimum absolute atomic E-state index is 0.478. The Balaban J connectivity index is 2.58. The van der Waals surface area contributed by atoms with Gasteiger partial charge in [0.1, 0.15) is 0 Å². The lowest BCUT2D eigenvalue weighted by Gasteiger charge is -2.08. The molecule has 0 aliphatic rings. The highest BCUT2D eigenvalue weighted by Crippen LogP contribution is 2.11. The zero-order chi connectivity index (χ0) is 13.1. The molecule has 0 aliphatic heterocycles. The summed E-state index contributed by atoms with van der Waals surface area (Å²) < 4.78 is 6.31. The third-order valence-corrected chi connectivity index (χ3v) is 3.05. The first kappa shape index (κ1) is 12.6. The van der Waals surface area contributed by atoms with Gasteiger partial charge in [-0.25, -0.2) is 9.59 Å². The third-order valence-electron chi connectivity index (χ3n) is 3.05. The molecule has 4 nitrogen and oxygen atoms in total. The van der Waals surface area contributed by atoms with E-state index >= 15 is 0 Å². The lowest BCUT2D eigenvalue weighted by atomic mass is 10.1. The Labute approximate surface area is 105 Å². The standard InChI is InChI=1S/C14H17NO3/c1-3-4-5-8-15-12-7-6-10(2)9-11(12)13(16)18-14(15)17/h6-7,9H,3-5,8H2,1-2H3. The van der Waals surface area contributed by atoms with Gasteiger partial charge in [-0.1, -0.05) is 31.4 Å². The Morgan fingerprint density at radius 2 is 2.00 bits per heavy atom. The summed E-state index contributed by atoms with van der Waals surface area (Å²) in [7, 11) is 0. The van der Waals surface area contributed by atoms with E-state index in [1.165, 1.54) is 0 Å². The second-order valence-corrected chi connectivity index (χ2v) is 4.53. The van der Waals surface area contributed by atoms with Crippen LogP contribution in [0.1, 0.15) is 31.7 Å². The van der Waals surface area contributed by atoms with Crippen LogP contribution in [0.25, 0.3) is 10.9 Å². The fourth-order valence-corrected chi connectivity index (χ4v) is 2.07. The Kier molecular flexibility index (Phi) is 3.65. The third kappa shape index (κ3) is 2.37. The van der Waals surface area contributed by atoms with E-state index in [2.05, 4.69) is 6.92 Å². The van der Waals surface area contributed by atoms with Crippen LogP contribution in [0, 0.1) is 6.92 Å². The van der Waals surface area contributed by atoms with Gasteiger partial charge in [0.25, 0.3) is 0 Å². The van der Waals surface area contributed by atoms with Gasteiger partial charge in [0.05, 0.1) is 10.9 Å². The molecule has 0 saturated heterocycles. The number of hydrogen-bond donors (Lipinski definition) is 0. The van der Waals surface area contributed by atoms with E-state index in [0.717, 1.165) is 24.8 Å². The van der Waals surface area contributed by atoms with Crippen molar-refractivity contribution >= 4 is 10.9 Å². The fourth-order valence-electron chi connectivity index (χ4n) is 2.07. The SMILES string of the molecule is CCCCCn1c(=O)oc(=O)c2cc(C)ccc21. The Morgan fingerprint density at radius 3 is 2.72 bits per heavy atom. The van der Waals surface area contributed by atoms with Gasteiger partial charge in [0.2, 0.25) is 0 Å². The Hall–Kier alpha value is -1.84. The second-order valence-electron chi connectivity index (χ2n) is 4.53. The summed E-state index contributed by atoms with van der Waals surface area (Å²) in [5, 5.41) is 0.478. The molecular formula is C14H17NO3. The zero-order valence-corrected chi connectivity index (χ0v) is 10.7. The molecule has 1 heterocycles. The number of fused-ring (bicyclic) bond motifs is 1. The van der Waals surface area contributed by atoms with Crippen LogP contribution in [0.15, 0.2) is 32.2 Å². The number of rotatable bonds is 4. The maximum absolute atomic E-state index is 11.7. The molecule has 2 aromatic rings. The molecule has 1 aromatic carbocycles. The highest BCUT2D eigenvalue weighted by atomic mass is 16.4. The average molecular weight is 247 g/mol. The van der Waals surface area contributed by atoms with E-state index in [4.69, 9.17) is 4.42 Å². The van der Waals surface area contributed by atoms with Gasteiger partial charge in [0.15, 0.2) is 0 Å². The number of hydrogen-bond acceptors (Lipinski definition) is 3. The minimum atomic E-state index is -0.563. The molecule has 0 fully saturated rings. The van der Waals surface area contributed by atoms with Gasteiger partial charge in [0, 0.05) is 6.54 Å². The number of unbranched alkanes of at least 4 members (excludes halogenated alkanes) is 2. The quantitative estimate of drug-likeness (QED) is 0.780. The maximum atomic E-state index is 11.7. The first-order valence-electron chi connectivity index (χ1n) is 6.28. The van der Waals surface area contributed by atoms with Crippen LogP contribution >= 0.6 is 0 Å². The molecule has 2 rings (SSSR count). The van der Waals surface area contributed by atoms with Crippen molar-refractivity contribution < 1.29 is 4.42 Å². The molecule has 0 saturated carbocycles. The van der Waals surface area contributed by atoms with Crippen LogP contribution in [-0.2, 0) is 6.54 Å². The lowest BCUT2D eigenvalue weighted by Crippen LogP contribution is -2.25. The number of benzene rings is 1. The van der Waals surface area contributed by atoms with Crippen molar-refractivity contribution in [1.29, 1.82) is 0 Å². The van der Waals surface area contributed by atoms with Crippen molar-refractivity contribution in [2.45, 2.75) is 39.7 Å². The molecule has 4 heteroatoms. The molecule has 96 valence electrons. The molecule has 0 unspecified atom stereocenters. The van der Waals surface area contributed by atoms with Crippen LogP contribution in [-0.4, -0.2) is 4.57 Å². The first-order valence-corrected chi connectivity index (χ1v) is 6.28. The number of aryl methyl sites for hydroxylation is 2. The molecule has 0 spiro atoms. The van der Waals surface area contributed by atoms with Crippen molar-refractivity contribution in [3.63, 3.8) is 0 Å². The smallest absolute Gasteiger partial charge is 0.372 e. The summed E-state index contributed by atoms with van der Waals surface area (Å²) in [6.45, 7) is 4.61. The van der Waals surface area contributed by atoms with E-state index in [9.17, 15) is 9.59 Å². The molecule has 18 heavy (non-hydrogen) atoms. The fraction of sp³-hybridized carbons (Fsp3) is 0.429. The summed E-state index contributed by atoms with van der Waals surface area (Å²) >= 11 is 0. The van der Waals surface area contributed by atoms with Gasteiger partial charge in [-0.3, -0.25) is 4.57 Å². The second kappa shape index (κ2) is 5.21. The summed E-state index contributed by atoms with van der Waals surface area (Å²) in [5.41, 5.74) is 1.09. The normalized spacial score (nSPS) is 11.0. The summed E-state index contributed by atoms with van der Waals surface area (Å²) in [5.74, 6) is -0.563. The van der Waals surface area contributed by atoms with Crippen molar-refractivity contribution in [3.8, 4) is 0 Å². The van der Waals surface area contributed by atoms with Crippen LogP contribution in [0.4, 0.5) is 0 Å². The van der Waals surface area contributed by atoms with Crippen molar-refractivity contribution in [1.82, 2.24) is 4.57 Å². The number of aromatic nitrogens is 1. The lowest BCUT2D eigenvalue weighted by molar-refractivity contribution is 0.410. The predicted octanol–water partition coefficient (Wildman–Crippen LogP) is 2.45. The van der Waals surface area contributed by atoms with E-state index in [1.807, 2.05) is 19.1 Å². The summed E-state index contributed by atoms with van der Waals surface area (Å²) in [4.78, 5) is 23.4. The van der Waals surface area contributed by atoms with Crippen molar-refractivity contribution in [3.05, 3.63) is 44.7 Å². The minimum Gasteiger partial charge on any atom is -0.372 e. The largest absolute Gasteiger partial charge is 0.422 e. The average Bonchev–Trinajstić information content (AvgIpc) is 2.34. The van der Waals surface area contributed by atoms with Gasteiger partial charge in [-0.05, 0) is 25.5 Å². The molecular weight excluding hydrogens is 230 g/mol. The molecule has 0 bridgehead atoms. The van der Waals surface area contributed by atoms with Crippen LogP contribution in [0.3, 0.4) is 0 Å². The number of nitrogens with zero attached hydrogens (tertiary/aromatic N) is 1. The van der Waals surface area contributed by atoms with Gasteiger partial charge in [-0.15, -0.1) is 0 Å². The molecule has 0 aliphatic carbocycles. The highest BCUT2D eigenvalue weighted by molar-refractivity contribution is 5.78. The van der Waals surface area contributed by atoms with Gasteiger partial charge in [-0.2, -0.15) is 0 Å². The van der Waals surface area contributed by atoms with Crippen LogP contribution < -0.4 is 11.4 Å². The molecule has 0 radical (unpaired) electrons. The maximum Gasteiger partial charge on any atom is 0.422 e. The molecule has 1 aromatic heterocycles. The molecule has 0 amide bonds. The molecule has 0 N–H and O–H groups in total. The first-order chi connectivity index (χ1) is 8.63. The molecule has 0 atom stereocenters. The van der Waals surface area contributed by atoms with Crippen LogP contribution in [0.2, 0.25) is 0 Å². The van der Waals surface area contributed by atoms with E-state index in [-0.39, 0.29) is 0 Å². The Bertz CT molecular complexity index is 667. The highest BCUT2D eigenvalue weighted by Gasteiger charge is 2.08. The Morgan fingerprint density at radius 1 is 1.22 bits per heavy atom. The van der Waals surface area contributed by atoms with Crippen molar-refractivity contribution in [2.24, 2.45) is 0 Å². The van der Waals surface area contributed by atoms with Crippen molar-refractivity contribution in [2.75, 3.05) is 0 Å². The summed E-state index contributed by atoms with van der Waals surface area (Å²) in [6.07, 6.45) is 3.05. The predicted molar refractivity (Wildman–Crippen MR) is 71.0 cm³/mol.